The van der Waals surface area contributed by atoms with Crippen molar-refractivity contribution < 1.29 is 14.6 Å². The minimum atomic E-state index is -0.372. The number of ether oxygens (including phenoxy) is 1. The van der Waals surface area contributed by atoms with E-state index in [-0.39, 0.29) is 11.6 Å². The molecule has 16 heavy (non-hydrogen) atoms. The molecule has 0 aliphatic heterocycles. The average molecular weight is 224 g/mol. The lowest BCUT2D eigenvalue weighted by molar-refractivity contribution is -0.169. The third kappa shape index (κ3) is 1.65. The highest BCUT2D eigenvalue weighted by molar-refractivity contribution is 5.65. The van der Waals surface area contributed by atoms with Gasteiger partial charge in [0.15, 0.2) is 0 Å². The van der Waals surface area contributed by atoms with Gasteiger partial charge in [0.2, 0.25) is 0 Å². The molecular weight excluding hydrogens is 204 g/mol. The monoisotopic (exact) mass is 224 g/mol. The highest BCUT2D eigenvalue weighted by Gasteiger charge is 2.54. The lowest BCUT2D eigenvalue weighted by Crippen LogP contribution is -2.55. The number of carbonyl (C=O) groups is 1. The van der Waals surface area contributed by atoms with Gasteiger partial charge in [0.05, 0.1) is 12.2 Å². The van der Waals surface area contributed by atoms with E-state index in [9.17, 15) is 9.90 Å². The van der Waals surface area contributed by atoms with E-state index in [1.165, 1.54) is 19.8 Å². The van der Waals surface area contributed by atoms with Gasteiger partial charge in [-0.25, -0.2) is 0 Å². The van der Waals surface area contributed by atoms with Crippen LogP contribution in [0.4, 0.5) is 0 Å². The summed E-state index contributed by atoms with van der Waals surface area (Å²) >= 11 is 0. The molecule has 0 spiro atoms. The first-order valence-electron chi connectivity index (χ1n) is 6.41. The van der Waals surface area contributed by atoms with Crippen LogP contribution < -0.4 is 0 Å². The van der Waals surface area contributed by atoms with E-state index in [1.807, 2.05) is 0 Å². The van der Waals surface area contributed by atoms with E-state index in [1.54, 1.807) is 0 Å². The van der Waals surface area contributed by atoms with Gasteiger partial charge in [-0.15, -0.1) is 0 Å². The summed E-state index contributed by atoms with van der Waals surface area (Å²) in [6, 6.07) is 0. The molecule has 4 fully saturated rings. The summed E-state index contributed by atoms with van der Waals surface area (Å²) in [5.74, 6) is 2.26. The zero-order valence-electron chi connectivity index (χ0n) is 9.82. The largest absolute Gasteiger partial charge is 0.466 e. The first-order chi connectivity index (χ1) is 7.56. The lowest BCUT2D eigenvalue weighted by Gasteiger charge is -2.57. The first-order valence-corrected chi connectivity index (χ1v) is 6.41. The second-order valence-corrected chi connectivity index (χ2v) is 6.16. The number of hydrogen-bond donors (Lipinski definition) is 1. The summed E-state index contributed by atoms with van der Waals surface area (Å²) < 4.78 is 5.18. The maximum absolute atomic E-state index is 10.9. The van der Waals surface area contributed by atoms with Crippen LogP contribution in [0.5, 0.6) is 0 Å². The van der Waals surface area contributed by atoms with Crippen LogP contribution in [0.1, 0.15) is 39.0 Å². The van der Waals surface area contributed by atoms with Crippen LogP contribution in [-0.4, -0.2) is 23.3 Å². The molecule has 4 saturated carbocycles. The smallest absolute Gasteiger partial charge is 0.302 e. The van der Waals surface area contributed by atoms with E-state index >= 15 is 0 Å². The van der Waals surface area contributed by atoms with Gasteiger partial charge in [0, 0.05) is 6.92 Å². The molecule has 0 aromatic rings. The van der Waals surface area contributed by atoms with Gasteiger partial charge in [-0.2, -0.15) is 0 Å². The van der Waals surface area contributed by atoms with Gasteiger partial charge < -0.3 is 9.84 Å². The van der Waals surface area contributed by atoms with Crippen molar-refractivity contribution in [1.29, 1.82) is 0 Å². The fourth-order valence-electron chi connectivity index (χ4n) is 4.57. The Hall–Kier alpha value is -0.570. The normalized spacial score (nSPS) is 49.4. The van der Waals surface area contributed by atoms with Crippen LogP contribution >= 0.6 is 0 Å². The Morgan fingerprint density at radius 2 is 1.94 bits per heavy atom. The first kappa shape index (κ1) is 10.6. The predicted molar refractivity (Wildman–Crippen MR) is 58.6 cm³/mol. The molecule has 3 heteroatoms. The summed E-state index contributed by atoms with van der Waals surface area (Å²) in [4.78, 5) is 10.9. The van der Waals surface area contributed by atoms with Crippen molar-refractivity contribution in [3.8, 4) is 0 Å². The molecule has 0 heterocycles. The Labute approximate surface area is 96.2 Å². The van der Waals surface area contributed by atoms with Gasteiger partial charge in [0.25, 0.3) is 0 Å². The minimum absolute atomic E-state index is 0.174. The molecule has 0 radical (unpaired) electrons. The third-order valence-electron chi connectivity index (χ3n) is 4.92. The molecule has 4 aliphatic carbocycles. The molecule has 0 amide bonds. The lowest BCUT2D eigenvalue weighted by atomic mass is 9.50. The van der Waals surface area contributed by atoms with Crippen LogP contribution in [0.3, 0.4) is 0 Å². The Morgan fingerprint density at radius 3 is 2.44 bits per heavy atom. The third-order valence-corrected chi connectivity index (χ3v) is 4.92. The summed E-state index contributed by atoms with van der Waals surface area (Å²) in [5.41, 5.74) is -0.372. The number of esters is 1. The molecule has 0 aromatic carbocycles. The van der Waals surface area contributed by atoms with E-state index < -0.39 is 0 Å². The van der Waals surface area contributed by atoms with E-state index in [2.05, 4.69) is 0 Å². The summed E-state index contributed by atoms with van der Waals surface area (Å²) in [6.45, 7) is 2.05. The summed E-state index contributed by atoms with van der Waals surface area (Å²) in [6.07, 6.45) is 5.37. The van der Waals surface area contributed by atoms with Crippen LogP contribution in [0.2, 0.25) is 0 Å². The fourth-order valence-corrected chi connectivity index (χ4v) is 4.57. The molecule has 4 aliphatic rings. The zero-order chi connectivity index (χ0) is 11.3. The van der Waals surface area contributed by atoms with Crippen LogP contribution in [-0.2, 0) is 9.53 Å². The maximum atomic E-state index is 10.9. The van der Waals surface area contributed by atoms with Gasteiger partial charge in [-0.05, 0) is 55.8 Å². The van der Waals surface area contributed by atoms with Crippen LogP contribution in [0.25, 0.3) is 0 Å². The fraction of sp³-hybridized carbons (Fsp3) is 0.923. The Bertz CT molecular complexity index is 296. The average Bonchev–Trinajstić information content (AvgIpc) is 2.13. The second kappa shape index (κ2) is 3.46. The Balaban J connectivity index is 1.71. The van der Waals surface area contributed by atoms with Crippen molar-refractivity contribution in [2.45, 2.75) is 44.6 Å². The van der Waals surface area contributed by atoms with Crippen LogP contribution in [0.15, 0.2) is 0 Å². The SMILES string of the molecule is CC(=O)OCC1[C@@H]2CC3C[C@H]1CC(O)(C3)C2. The predicted octanol–water partition coefficient (Wildman–Crippen LogP) is 1.74. The molecule has 90 valence electrons. The van der Waals surface area contributed by atoms with Gasteiger partial charge in [-0.3, -0.25) is 4.79 Å². The summed E-state index contributed by atoms with van der Waals surface area (Å²) in [7, 11) is 0. The Kier molecular flexibility index (Phi) is 2.29. The quantitative estimate of drug-likeness (QED) is 0.727. The van der Waals surface area contributed by atoms with Crippen molar-refractivity contribution in [1.82, 2.24) is 0 Å². The summed E-state index contributed by atoms with van der Waals surface area (Å²) in [5, 5.41) is 10.4. The number of rotatable bonds is 2. The Morgan fingerprint density at radius 1 is 1.31 bits per heavy atom. The zero-order valence-corrected chi connectivity index (χ0v) is 9.82. The number of carbonyl (C=O) groups excluding carboxylic acids is 1. The highest BCUT2D eigenvalue weighted by Crippen LogP contribution is 2.58. The molecule has 3 unspecified atom stereocenters. The van der Waals surface area contributed by atoms with E-state index in [0.717, 1.165) is 25.2 Å². The van der Waals surface area contributed by atoms with Gasteiger partial charge >= 0.3 is 5.97 Å². The molecule has 1 N–H and O–H groups in total. The number of hydrogen-bond acceptors (Lipinski definition) is 3. The van der Waals surface area contributed by atoms with Gasteiger partial charge in [0.1, 0.15) is 0 Å². The molecule has 0 saturated heterocycles. The molecular formula is C13H20O3. The van der Waals surface area contributed by atoms with Gasteiger partial charge in [-0.1, -0.05) is 0 Å². The van der Waals surface area contributed by atoms with E-state index in [0.29, 0.717) is 24.4 Å². The number of aliphatic hydroxyl groups is 1. The molecule has 0 aromatic heterocycles. The standard InChI is InChI=1S/C13H20O3/c1-8(14)16-7-12-10-2-9-3-11(12)6-13(15,4-9)5-10/h9-12,15H,2-7H2,1H3/t9?,10-,11+,12?,13?. The molecule has 4 bridgehead atoms. The topological polar surface area (TPSA) is 46.5 Å². The van der Waals surface area contributed by atoms with Crippen molar-refractivity contribution >= 4 is 5.97 Å². The van der Waals surface area contributed by atoms with Crippen molar-refractivity contribution in [3.63, 3.8) is 0 Å². The van der Waals surface area contributed by atoms with Crippen molar-refractivity contribution in [3.05, 3.63) is 0 Å². The van der Waals surface area contributed by atoms with Crippen molar-refractivity contribution in [2.24, 2.45) is 23.7 Å². The molecule has 3 nitrogen and oxygen atoms in total. The maximum Gasteiger partial charge on any atom is 0.302 e. The highest BCUT2D eigenvalue weighted by atomic mass is 16.5. The molecule has 4 rings (SSSR count). The van der Waals surface area contributed by atoms with Crippen LogP contribution in [0, 0.1) is 23.7 Å². The second-order valence-electron chi connectivity index (χ2n) is 6.16. The van der Waals surface area contributed by atoms with E-state index in [4.69, 9.17) is 4.74 Å². The molecule has 5 atom stereocenters. The minimum Gasteiger partial charge on any atom is -0.466 e. The van der Waals surface area contributed by atoms with Crippen molar-refractivity contribution in [2.75, 3.05) is 6.61 Å².